The topological polar surface area (TPSA) is 20.3 Å². The molecule has 0 radical (unpaired) electrons. The van der Waals surface area contributed by atoms with Crippen LogP contribution in [0.4, 0.5) is 0 Å². The number of allylic oxidation sites excluding steroid dienone is 5. The van der Waals surface area contributed by atoms with E-state index in [-0.39, 0.29) is 0 Å². The molecule has 92 valence electrons. The predicted octanol–water partition coefficient (Wildman–Crippen LogP) is 3.22. The first-order valence-electron chi connectivity index (χ1n) is 5.46. The number of rotatable bonds is 4. The fourth-order valence-electron chi connectivity index (χ4n) is 0.442. The van der Waals surface area contributed by atoms with Crippen LogP contribution in [0.15, 0.2) is 36.0 Å². The number of aldehydes is 1. The molecule has 0 aliphatic rings. The zero-order valence-corrected chi connectivity index (χ0v) is 11.4. The van der Waals surface area contributed by atoms with Crippen molar-refractivity contribution in [3.05, 3.63) is 36.0 Å². The van der Waals surface area contributed by atoms with Crippen molar-refractivity contribution < 1.29 is 4.79 Å². The Hall–Kier alpha value is -1.15. The second kappa shape index (κ2) is 10.4. The zero-order chi connectivity index (χ0) is 13.1. The highest BCUT2D eigenvalue weighted by molar-refractivity contribution is 5.77. The van der Waals surface area contributed by atoms with Crippen molar-refractivity contribution in [2.24, 2.45) is 0 Å². The third kappa shape index (κ3) is 12.8. The summed E-state index contributed by atoms with van der Waals surface area (Å²) in [4.78, 5) is 12.4. The van der Waals surface area contributed by atoms with E-state index in [1.807, 2.05) is 19.9 Å². The minimum atomic E-state index is 0.683. The molecule has 2 nitrogen and oxygen atoms in total. The number of hydrogen-bond acceptors (Lipinski definition) is 2. The van der Waals surface area contributed by atoms with Gasteiger partial charge in [-0.05, 0) is 41.8 Å². The molecule has 0 aromatic carbocycles. The molecule has 0 unspecified atom stereocenters. The van der Waals surface area contributed by atoms with Crippen molar-refractivity contribution in [1.29, 1.82) is 0 Å². The van der Waals surface area contributed by atoms with Gasteiger partial charge in [-0.2, -0.15) is 0 Å². The lowest BCUT2D eigenvalue weighted by molar-refractivity contribution is -0.104. The first kappa shape index (κ1) is 17.3. The minimum absolute atomic E-state index is 0.683. The van der Waals surface area contributed by atoms with E-state index in [4.69, 9.17) is 0 Å². The van der Waals surface area contributed by atoms with E-state index in [0.717, 1.165) is 11.9 Å². The van der Waals surface area contributed by atoms with Gasteiger partial charge >= 0.3 is 0 Å². The number of nitrogens with zero attached hydrogens (tertiary/aromatic N) is 1. The number of carbonyl (C=O) groups excluding carboxylic acids is 1. The lowest BCUT2D eigenvalue weighted by atomic mass is 10.2. The first-order chi connectivity index (χ1) is 7.34. The molecule has 0 aliphatic carbocycles. The van der Waals surface area contributed by atoms with Crippen LogP contribution in [0.5, 0.6) is 0 Å². The molecule has 0 heterocycles. The minimum Gasteiger partial charge on any atom is -0.307 e. The van der Waals surface area contributed by atoms with Crippen LogP contribution < -0.4 is 0 Å². The standard InChI is InChI=1S/C9H12O.C5H13N/c1-4-9(7-10)6-5-8(2)3;1-5(2)6(3)4/h4-7H,2H2,1,3H3;5H,1-4H3/b6-5-,9-4+;. The van der Waals surface area contributed by atoms with E-state index in [9.17, 15) is 4.79 Å². The molecule has 2 heteroatoms. The molecule has 0 rings (SSSR count). The number of hydrogen-bond donors (Lipinski definition) is 0. The molecule has 0 fully saturated rings. The maximum atomic E-state index is 10.2. The highest BCUT2D eigenvalue weighted by Gasteiger charge is 1.90. The highest BCUT2D eigenvalue weighted by atomic mass is 16.1. The first-order valence-corrected chi connectivity index (χ1v) is 5.46. The molecule has 0 bridgehead atoms. The van der Waals surface area contributed by atoms with Crippen LogP contribution in [0.2, 0.25) is 0 Å². The second-order valence-corrected chi connectivity index (χ2v) is 4.14. The maximum Gasteiger partial charge on any atom is 0.149 e. The van der Waals surface area contributed by atoms with Gasteiger partial charge in [0.05, 0.1) is 0 Å². The lowest BCUT2D eigenvalue weighted by Gasteiger charge is -2.12. The molecule has 0 atom stereocenters. The van der Waals surface area contributed by atoms with Crippen molar-refractivity contribution in [3.63, 3.8) is 0 Å². The summed E-state index contributed by atoms with van der Waals surface area (Å²) in [7, 11) is 4.15. The zero-order valence-electron chi connectivity index (χ0n) is 11.4. The van der Waals surface area contributed by atoms with Crippen molar-refractivity contribution in [3.8, 4) is 0 Å². The Balaban J connectivity index is 0. The lowest BCUT2D eigenvalue weighted by Crippen LogP contribution is -2.20. The SMILES string of the molecule is C=C(C)/C=C\C(C=O)=C/C.CC(C)N(C)C. The quantitative estimate of drug-likeness (QED) is 0.414. The summed E-state index contributed by atoms with van der Waals surface area (Å²) < 4.78 is 0. The third-order valence-corrected chi connectivity index (χ3v) is 2.06. The van der Waals surface area contributed by atoms with Gasteiger partial charge in [-0.3, -0.25) is 4.79 Å². The van der Waals surface area contributed by atoms with Crippen LogP contribution in [0, 0.1) is 0 Å². The Morgan fingerprint density at radius 2 is 1.69 bits per heavy atom. The fraction of sp³-hybridized carbons (Fsp3) is 0.500. The largest absolute Gasteiger partial charge is 0.307 e. The summed E-state index contributed by atoms with van der Waals surface area (Å²) in [6.07, 6.45) is 6.13. The smallest absolute Gasteiger partial charge is 0.149 e. The highest BCUT2D eigenvalue weighted by Crippen LogP contribution is 1.95. The van der Waals surface area contributed by atoms with Gasteiger partial charge in [0.1, 0.15) is 6.29 Å². The molecular formula is C14H25NO. The van der Waals surface area contributed by atoms with E-state index >= 15 is 0 Å². The predicted molar refractivity (Wildman–Crippen MR) is 72.6 cm³/mol. The monoisotopic (exact) mass is 223 g/mol. The average molecular weight is 223 g/mol. The Bertz CT molecular complexity index is 254. The van der Waals surface area contributed by atoms with E-state index in [1.54, 1.807) is 12.2 Å². The molecule has 0 aliphatic heterocycles. The van der Waals surface area contributed by atoms with Gasteiger partial charge < -0.3 is 4.90 Å². The van der Waals surface area contributed by atoms with Crippen molar-refractivity contribution in [2.45, 2.75) is 33.7 Å². The molecule has 0 spiro atoms. The van der Waals surface area contributed by atoms with Gasteiger partial charge in [0.15, 0.2) is 0 Å². The fourth-order valence-corrected chi connectivity index (χ4v) is 0.442. The van der Waals surface area contributed by atoms with Crippen LogP contribution in [0.25, 0.3) is 0 Å². The van der Waals surface area contributed by atoms with Gasteiger partial charge in [-0.15, -0.1) is 0 Å². The Morgan fingerprint density at radius 1 is 1.25 bits per heavy atom. The van der Waals surface area contributed by atoms with Gasteiger partial charge in [-0.1, -0.05) is 30.4 Å². The molecule has 0 saturated heterocycles. The van der Waals surface area contributed by atoms with Gasteiger partial charge in [-0.25, -0.2) is 0 Å². The van der Waals surface area contributed by atoms with E-state index in [0.29, 0.717) is 11.6 Å². The summed E-state index contributed by atoms with van der Waals surface area (Å²) in [5.41, 5.74) is 1.63. The average Bonchev–Trinajstić information content (AvgIpc) is 2.19. The molecule has 0 saturated carbocycles. The molecule has 0 N–H and O–H groups in total. The molecule has 16 heavy (non-hydrogen) atoms. The molecule has 0 amide bonds. The Kier molecular flexibility index (Phi) is 11.2. The molecule has 0 aromatic rings. The van der Waals surface area contributed by atoms with E-state index in [2.05, 4.69) is 39.4 Å². The van der Waals surface area contributed by atoms with Crippen LogP contribution in [-0.2, 0) is 4.79 Å². The number of carbonyl (C=O) groups is 1. The molecule has 0 aromatic heterocycles. The summed E-state index contributed by atoms with van der Waals surface area (Å²) in [5, 5.41) is 0. The van der Waals surface area contributed by atoms with Crippen molar-refractivity contribution in [2.75, 3.05) is 14.1 Å². The van der Waals surface area contributed by atoms with Gasteiger partial charge in [0.25, 0.3) is 0 Å². The summed E-state index contributed by atoms with van der Waals surface area (Å²) in [5.74, 6) is 0. The van der Waals surface area contributed by atoms with Crippen LogP contribution in [0.3, 0.4) is 0 Å². The van der Waals surface area contributed by atoms with E-state index in [1.165, 1.54) is 0 Å². The van der Waals surface area contributed by atoms with Crippen LogP contribution in [0.1, 0.15) is 27.7 Å². The summed E-state index contributed by atoms with van der Waals surface area (Å²) in [6.45, 7) is 11.7. The van der Waals surface area contributed by atoms with Gasteiger partial charge in [0.2, 0.25) is 0 Å². The van der Waals surface area contributed by atoms with Gasteiger partial charge in [0, 0.05) is 11.6 Å². The third-order valence-electron chi connectivity index (χ3n) is 2.06. The Morgan fingerprint density at radius 3 is 1.88 bits per heavy atom. The van der Waals surface area contributed by atoms with Crippen LogP contribution in [-0.4, -0.2) is 31.3 Å². The normalized spacial score (nSPS) is 11.6. The summed E-state index contributed by atoms with van der Waals surface area (Å²) >= 11 is 0. The van der Waals surface area contributed by atoms with E-state index < -0.39 is 0 Å². The van der Waals surface area contributed by atoms with Crippen LogP contribution >= 0.6 is 0 Å². The van der Waals surface area contributed by atoms with Crippen molar-refractivity contribution >= 4 is 6.29 Å². The second-order valence-electron chi connectivity index (χ2n) is 4.14. The maximum absolute atomic E-state index is 10.2. The van der Waals surface area contributed by atoms with Crippen molar-refractivity contribution in [1.82, 2.24) is 4.90 Å². The Labute approximate surface area is 100 Å². The summed E-state index contributed by atoms with van der Waals surface area (Å²) in [6, 6.07) is 0.685. The molecular weight excluding hydrogens is 198 g/mol.